The number of esters is 1. The molecule has 48 heavy (non-hydrogen) atoms. The quantitative estimate of drug-likeness (QED) is 0.101. The van der Waals surface area contributed by atoms with Gasteiger partial charge in [0.05, 0.1) is 5.92 Å². The van der Waals surface area contributed by atoms with E-state index < -0.39 is 54.8 Å². The third-order valence-corrected chi connectivity index (χ3v) is 9.70. The lowest BCUT2D eigenvalue weighted by Gasteiger charge is -2.29. The topological polar surface area (TPSA) is 131 Å². The molecule has 10 heteroatoms. The van der Waals surface area contributed by atoms with E-state index in [1.807, 2.05) is 84.9 Å². The Morgan fingerprint density at radius 1 is 0.750 bits per heavy atom. The van der Waals surface area contributed by atoms with Crippen molar-refractivity contribution < 1.29 is 33.3 Å². The predicted molar refractivity (Wildman–Crippen MR) is 186 cm³/mol. The average Bonchev–Trinajstić information content (AvgIpc) is 3.06. The molecule has 0 aliphatic carbocycles. The third kappa shape index (κ3) is 10.9. The second-order valence-corrected chi connectivity index (χ2v) is 15.1. The number of carbonyl (C=O) groups excluding carboxylic acids is 3. The molecule has 0 spiro atoms. The molecule has 9 nitrogen and oxygen atoms in total. The summed E-state index contributed by atoms with van der Waals surface area (Å²) in [6.07, 6.45) is -1.25. The highest BCUT2D eigenvalue weighted by Crippen LogP contribution is 2.55. The summed E-state index contributed by atoms with van der Waals surface area (Å²) in [6, 6.07) is 34.0. The Morgan fingerprint density at radius 3 is 1.88 bits per heavy atom. The number of amides is 2. The van der Waals surface area contributed by atoms with Crippen molar-refractivity contribution in [3.8, 4) is 11.1 Å². The molecule has 252 valence electrons. The number of rotatable bonds is 13. The summed E-state index contributed by atoms with van der Waals surface area (Å²) in [7, 11) is -4.36. The number of carbonyl (C=O) groups is 3. The molecule has 4 aromatic rings. The fraction of sp³-hybridized carbons (Fsp3) is 0.289. The monoisotopic (exact) mass is 670 g/mol. The zero-order valence-electron chi connectivity index (χ0n) is 27.7. The highest BCUT2D eigenvalue weighted by atomic mass is 31.2. The van der Waals surface area contributed by atoms with Gasteiger partial charge in [0.15, 0.2) is 0 Å². The highest BCUT2D eigenvalue weighted by molar-refractivity contribution is 7.58. The molecule has 0 aromatic heterocycles. The minimum atomic E-state index is -4.36. The van der Waals surface area contributed by atoms with Crippen molar-refractivity contribution in [1.29, 1.82) is 0 Å². The zero-order chi connectivity index (χ0) is 34.7. The van der Waals surface area contributed by atoms with Crippen LogP contribution in [0.5, 0.6) is 0 Å². The van der Waals surface area contributed by atoms with Gasteiger partial charge in [0, 0.05) is 6.16 Å². The molecular formula is C38H43N2O7P. The summed E-state index contributed by atoms with van der Waals surface area (Å²) in [5.74, 6) is -3.62. The molecule has 0 bridgehead atoms. The van der Waals surface area contributed by atoms with Crippen LogP contribution >= 0.6 is 7.37 Å². The minimum Gasteiger partial charge on any atom is -0.459 e. The predicted octanol–water partition coefficient (Wildman–Crippen LogP) is 7.25. The van der Waals surface area contributed by atoms with Gasteiger partial charge in [-0.25, -0.2) is 9.59 Å². The smallest absolute Gasteiger partial charge is 0.408 e. The molecule has 4 atom stereocenters. The van der Waals surface area contributed by atoms with Gasteiger partial charge in [-0.15, -0.1) is 0 Å². The lowest BCUT2D eigenvalue weighted by molar-refractivity contribution is -0.148. The van der Waals surface area contributed by atoms with Gasteiger partial charge in [0.25, 0.3) is 0 Å². The first-order valence-electron chi connectivity index (χ1n) is 15.8. The molecule has 0 fully saturated rings. The van der Waals surface area contributed by atoms with Gasteiger partial charge in [-0.2, -0.15) is 0 Å². The fourth-order valence-corrected chi connectivity index (χ4v) is 7.21. The zero-order valence-corrected chi connectivity index (χ0v) is 28.6. The Hall–Kier alpha value is -4.72. The molecule has 4 rings (SSSR count). The molecule has 0 radical (unpaired) electrons. The fourth-order valence-electron chi connectivity index (χ4n) is 5.13. The van der Waals surface area contributed by atoms with Gasteiger partial charge in [0.1, 0.15) is 24.0 Å². The first-order chi connectivity index (χ1) is 22.8. The van der Waals surface area contributed by atoms with Gasteiger partial charge >= 0.3 is 12.1 Å². The van der Waals surface area contributed by atoms with Crippen LogP contribution in [0.25, 0.3) is 11.1 Å². The van der Waals surface area contributed by atoms with E-state index in [9.17, 15) is 23.8 Å². The number of alkyl carbamates (subject to hydrolysis) is 1. The maximum absolute atomic E-state index is 14.3. The molecule has 0 saturated heterocycles. The maximum atomic E-state index is 14.3. The number of benzene rings is 4. The maximum Gasteiger partial charge on any atom is 0.408 e. The molecule has 2 unspecified atom stereocenters. The molecule has 0 heterocycles. The van der Waals surface area contributed by atoms with E-state index in [1.165, 1.54) is 6.92 Å². The van der Waals surface area contributed by atoms with Crippen LogP contribution < -0.4 is 10.6 Å². The first kappa shape index (κ1) is 36.1. The van der Waals surface area contributed by atoms with Crippen LogP contribution in [0.3, 0.4) is 0 Å². The number of hydrogen-bond donors (Lipinski definition) is 3. The molecular weight excluding hydrogens is 627 g/mol. The van der Waals surface area contributed by atoms with Gasteiger partial charge in [-0.3, -0.25) is 9.36 Å². The normalized spacial score (nSPS) is 14.4. The van der Waals surface area contributed by atoms with Crippen LogP contribution in [-0.2, 0) is 36.7 Å². The Balaban J connectivity index is 1.58. The second-order valence-electron chi connectivity index (χ2n) is 12.7. The second kappa shape index (κ2) is 16.4. The van der Waals surface area contributed by atoms with E-state index in [-0.39, 0.29) is 13.0 Å². The van der Waals surface area contributed by atoms with Gasteiger partial charge in [-0.1, -0.05) is 115 Å². The lowest BCUT2D eigenvalue weighted by atomic mass is 9.97. The van der Waals surface area contributed by atoms with E-state index in [4.69, 9.17) is 9.47 Å². The van der Waals surface area contributed by atoms with E-state index in [0.717, 1.165) is 22.3 Å². The SMILES string of the molecule is C[C@@H](NC(=O)[C@H](Cc1ccc(-c2ccccc2)cc1)CP(=O)(O)C(NC(=O)OC(C)(C)C)c1ccccc1)C(=O)OCc1ccccc1. The van der Waals surface area contributed by atoms with Crippen molar-refractivity contribution in [3.63, 3.8) is 0 Å². The van der Waals surface area contributed by atoms with Crippen LogP contribution in [0.2, 0.25) is 0 Å². The lowest BCUT2D eigenvalue weighted by Crippen LogP contribution is -2.44. The van der Waals surface area contributed by atoms with Crippen LogP contribution in [0.15, 0.2) is 115 Å². The number of nitrogens with one attached hydrogen (secondary N) is 2. The van der Waals surface area contributed by atoms with Crippen molar-refractivity contribution in [2.24, 2.45) is 5.92 Å². The van der Waals surface area contributed by atoms with Crippen molar-refractivity contribution >= 4 is 25.3 Å². The van der Waals surface area contributed by atoms with Crippen molar-refractivity contribution in [3.05, 3.63) is 132 Å². The first-order valence-corrected chi connectivity index (χ1v) is 17.7. The summed E-state index contributed by atoms with van der Waals surface area (Å²) >= 11 is 0. The Kier molecular flexibility index (Phi) is 12.3. The molecule has 0 aliphatic rings. The molecule has 0 aliphatic heterocycles. The Bertz CT molecular complexity index is 1690. The van der Waals surface area contributed by atoms with Crippen LogP contribution in [-0.4, -0.2) is 40.7 Å². The van der Waals surface area contributed by atoms with Gasteiger partial charge < -0.3 is 25.0 Å². The van der Waals surface area contributed by atoms with Crippen LogP contribution in [0.1, 0.15) is 50.2 Å². The number of hydrogen-bond acceptors (Lipinski definition) is 6. The van der Waals surface area contributed by atoms with Crippen molar-refractivity contribution in [1.82, 2.24) is 10.6 Å². The molecule has 2 amide bonds. The van der Waals surface area contributed by atoms with Crippen molar-refractivity contribution in [2.75, 3.05) is 6.16 Å². The summed E-state index contributed by atoms with van der Waals surface area (Å²) in [5.41, 5.74) is 3.11. The Morgan fingerprint density at radius 2 is 1.29 bits per heavy atom. The standard InChI is InChI=1S/C38H43N2O7P/c1-27(36(42)46-25-29-14-8-5-9-15-29)39-34(41)33(24-28-20-22-31(23-21-28)30-16-10-6-11-17-30)26-48(44,45)35(32-18-12-7-13-19-32)40-37(43)47-38(2,3)4/h5-23,27,33,35H,24-26H2,1-4H3,(H,39,41)(H,40,43)(H,44,45)/t27-,33-,35?/m1/s1. The van der Waals surface area contributed by atoms with E-state index in [1.54, 1.807) is 51.1 Å². The van der Waals surface area contributed by atoms with E-state index in [0.29, 0.717) is 5.56 Å². The highest BCUT2D eigenvalue weighted by Gasteiger charge is 2.39. The third-order valence-electron chi connectivity index (χ3n) is 7.50. The van der Waals surface area contributed by atoms with Crippen molar-refractivity contribution in [2.45, 2.75) is 58.1 Å². The minimum absolute atomic E-state index is 0.0397. The number of ether oxygens (including phenoxy) is 2. The summed E-state index contributed by atoms with van der Waals surface area (Å²) in [5, 5.41) is 5.26. The Labute approximate surface area is 282 Å². The van der Waals surface area contributed by atoms with Gasteiger partial charge in [-0.05, 0) is 61.9 Å². The summed E-state index contributed by atoms with van der Waals surface area (Å²) in [4.78, 5) is 51.1. The van der Waals surface area contributed by atoms with E-state index >= 15 is 0 Å². The average molecular weight is 671 g/mol. The summed E-state index contributed by atoms with van der Waals surface area (Å²) < 4.78 is 25.1. The van der Waals surface area contributed by atoms with Gasteiger partial charge in [0.2, 0.25) is 13.3 Å². The van der Waals surface area contributed by atoms with E-state index in [2.05, 4.69) is 10.6 Å². The summed E-state index contributed by atoms with van der Waals surface area (Å²) in [6.45, 7) is 6.62. The van der Waals surface area contributed by atoms with Crippen LogP contribution in [0.4, 0.5) is 4.79 Å². The molecule has 0 saturated carbocycles. The molecule has 4 aromatic carbocycles. The van der Waals surface area contributed by atoms with Crippen LogP contribution in [0, 0.1) is 5.92 Å². The molecule has 3 N–H and O–H groups in total. The largest absolute Gasteiger partial charge is 0.459 e.